The van der Waals surface area contributed by atoms with Gasteiger partial charge in [0.05, 0.1) is 12.5 Å². The molecule has 0 aliphatic carbocycles. The van der Waals surface area contributed by atoms with Gasteiger partial charge in [-0.2, -0.15) is 0 Å². The number of hydrogen-bond acceptors (Lipinski definition) is 4. The minimum absolute atomic E-state index is 0.0314. The summed E-state index contributed by atoms with van der Waals surface area (Å²) in [5.41, 5.74) is 4.67. The number of aromatic nitrogens is 3. The van der Waals surface area contributed by atoms with Gasteiger partial charge in [-0.05, 0) is 49.1 Å². The number of halogens is 2. The molecule has 6 nitrogen and oxygen atoms in total. The number of nitrogens with zero attached hydrogens (tertiary/aromatic N) is 3. The minimum Gasteiger partial charge on any atom is -0.479 e. The molecule has 0 aliphatic heterocycles. The average Bonchev–Trinajstić information content (AvgIpc) is 2.96. The lowest BCUT2D eigenvalue weighted by Crippen LogP contribution is -2.23. The van der Waals surface area contributed by atoms with Gasteiger partial charge in [0, 0.05) is 35.2 Å². The first kappa shape index (κ1) is 20.6. The fourth-order valence-electron chi connectivity index (χ4n) is 3.29. The first-order valence-corrected chi connectivity index (χ1v) is 10.1. The maximum atomic E-state index is 12.4. The molecule has 2 heterocycles. The summed E-state index contributed by atoms with van der Waals surface area (Å²) in [4.78, 5) is 17.0. The maximum Gasteiger partial charge on any atom is 0.242 e. The zero-order chi connectivity index (χ0) is 20.4. The molecule has 1 aromatic carbocycles. The second kappa shape index (κ2) is 8.49. The summed E-state index contributed by atoms with van der Waals surface area (Å²) in [6, 6.07) is 5.62. The van der Waals surface area contributed by atoms with Crippen LogP contribution >= 0.6 is 27.5 Å². The second-order valence-corrected chi connectivity index (χ2v) is 7.97. The van der Waals surface area contributed by atoms with Gasteiger partial charge in [0.25, 0.3) is 0 Å². The van der Waals surface area contributed by atoms with Gasteiger partial charge in [-0.15, -0.1) is 5.10 Å². The number of pyridine rings is 1. The molecule has 8 heteroatoms. The lowest BCUT2D eigenvalue weighted by atomic mass is 10.00. The Hall–Kier alpha value is -2.12. The summed E-state index contributed by atoms with van der Waals surface area (Å²) >= 11 is 9.58. The molecule has 0 spiro atoms. The van der Waals surface area contributed by atoms with Gasteiger partial charge < -0.3 is 10.1 Å². The first-order valence-electron chi connectivity index (χ1n) is 8.89. The molecule has 0 unspecified atom stereocenters. The van der Waals surface area contributed by atoms with Crippen molar-refractivity contribution in [2.75, 3.05) is 7.11 Å². The van der Waals surface area contributed by atoms with Crippen LogP contribution in [0.2, 0.25) is 5.02 Å². The zero-order valence-electron chi connectivity index (χ0n) is 16.3. The molecule has 0 atom stereocenters. The van der Waals surface area contributed by atoms with Crippen LogP contribution in [-0.2, 0) is 24.8 Å². The predicted octanol–water partition coefficient (Wildman–Crippen LogP) is 4.26. The highest BCUT2D eigenvalue weighted by Crippen LogP contribution is 2.30. The number of benzene rings is 1. The zero-order valence-corrected chi connectivity index (χ0v) is 18.6. The molecule has 3 rings (SSSR count). The molecule has 148 valence electrons. The Bertz CT molecular complexity index is 1050. The molecule has 3 aromatic rings. The van der Waals surface area contributed by atoms with E-state index in [4.69, 9.17) is 16.3 Å². The third-order valence-electron chi connectivity index (χ3n) is 4.81. The van der Waals surface area contributed by atoms with Crippen LogP contribution in [0.1, 0.15) is 28.8 Å². The van der Waals surface area contributed by atoms with Gasteiger partial charge in [0.1, 0.15) is 0 Å². The molecule has 28 heavy (non-hydrogen) atoms. The van der Waals surface area contributed by atoms with Crippen LogP contribution in [0.4, 0.5) is 0 Å². The average molecular weight is 466 g/mol. The third kappa shape index (κ3) is 4.15. The molecule has 2 aromatic heterocycles. The summed E-state index contributed by atoms with van der Waals surface area (Å²) in [6.07, 6.45) is 0.962. The van der Waals surface area contributed by atoms with Crippen molar-refractivity contribution in [1.29, 1.82) is 0 Å². The lowest BCUT2D eigenvalue weighted by Gasteiger charge is -2.12. The summed E-state index contributed by atoms with van der Waals surface area (Å²) in [7, 11) is 3.44. The highest BCUT2D eigenvalue weighted by atomic mass is 79.9. The molecule has 0 saturated heterocycles. The smallest absolute Gasteiger partial charge is 0.242 e. The molecular weight excluding hydrogens is 444 g/mol. The Morgan fingerprint density at radius 1 is 1.36 bits per heavy atom. The van der Waals surface area contributed by atoms with Gasteiger partial charge in [-0.1, -0.05) is 33.6 Å². The van der Waals surface area contributed by atoms with Crippen molar-refractivity contribution in [1.82, 2.24) is 20.1 Å². The van der Waals surface area contributed by atoms with E-state index < -0.39 is 0 Å². The van der Waals surface area contributed by atoms with Crippen LogP contribution in [0, 0.1) is 13.8 Å². The van der Waals surface area contributed by atoms with Crippen molar-refractivity contribution in [2.24, 2.45) is 7.05 Å². The monoisotopic (exact) mass is 464 g/mol. The predicted molar refractivity (Wildman–Crippen MR) is 114 cm³/mol. The minimum atomic E-state index is -0.0314. The fraction of sp³-hybridized carbons (Fsp3) is 0.350. The van der Waals surface area contributed by atoms with Gasteiger partial charge in [-0.3, -0.25) is 4.79 Å². The Labute approximate surface area is 177 Å². The number of amides is 1. The summed E-state index contributed by atoms with van der Waals surface area (Å²) in [5.74, 6) is 0.522. The van der Waals surface area contributed by atoms with Crippen molar-refractivity contribution in [3.63, 3.8) is 0 Å². The van der Waals surface area contributed by atoms with E-state index in [1.165, 1.54) is 0 Å². The van der Waals surface area contributed by atoms with E-state index in [1.807, 2.05) is 39.1 Å². The van der Waals surface area contributed by atoms with Crippen LogP contribution < -0.4 is 10.1 Å². The number of rotatable bonds is 6. The highest BCUT2D eigenvalue weighted by molar-refractivity contribution is 9.10. The number of aryl methyl sites for hydroxylation is 3. The quantitative estimate of drug-likeness (QED) is 0.590. The van der Waals surface area contributed by atoms with E-state index in [-0.39, 0.29) is 5.91 Å². The highest BCUT2D eigenvalue weighted by Gasteiger charge is 2.18. The largest absolute Gasteiger partial charge is 0.479 e. The van der Waals surface area contributed by atoms with Crippen molar-refractivity contribution in [3.05, 3.63) is 50.1 Å². The summed E-state index contributed by atoms with van der Waals surface area (Å²) < 4.78 is 8.01. The molecule has 0 fully saturated rings. The van der Waals surface area contributed by atoms with Crippen LogP contribution in [0.5, 0.6) is 5.88 Å². The molecule has 0 radical (unpaired) electrons. The van der Waals surface area contributed by atoms with E-state index in [1.54, 1.807) is 11.8 Å². The molecule has 0 saturated carbocycles. The molecule has 1 amide bonds. The summed E-state index contributed by atoms with van der Waals surface area (Å²) in [5, 5.41) is 8.81. The van der Waals surface area contributed by atoms with Gasteiger partial charge >= 0.3 is 0 Å². The van der Waals surface area contributed by atoms with Crippen LogP contribution in [0.25, 0.3) is 11.0 Å². The number of carbonyl (C=O) groups excluding carboxylic acids is 1. The summed E-state index contributed by atoms with van der Waals surface area (Å²) in [6.45, 7) is 4.38. The van der Waals surface area contributed by atoms with E-state index in [9.17, 15) is 4.79 Å². The number of nitrogens with one attached hydrogen (secondary N) is 1. The topological polar surface area (TPSA) is 69.0 Å². The lowest BCUT2D eigenvalue weighted by molar-refractivity contribution is -0.121. The van der Waals surface area contributed by atoms with E-state index >= 15 is 0 Å². The van der Waals surface area contributed by atoms with Crippen LogP contribution in [0.3, 0.4) is 0 Å². The number of fused-ring (bicyclic) bond motifs is 1. The second-order valence-electron chi connectivity index (χ2n) is 6.64. The maximum absolute atomic E-state index is 12.4. The van der Waals surface area contributed by atoms with Gasteiger partial charge in [0.15, 0.2) is 5.65 Å². The van der Waals surface area contributed by atoms with Crippen LogP contribution in [-0.4, -0.2) is 27.8 Å². The molecule has 0 aliphatic rings. The normalized spacial score (nSPS) is 11.1. The number of ether oxygens (including phenoxy) is 1. The fourth-order valence-corrected chi connectivity index (χ4v) is 4.03. The third-order valence-corrected chi connectivity index (χ3v) is 5.65. The number of methoxy groups -OCH3 is 1. The van der Waals surface area contributed by atoms with Crippen LogP contribution in [0.15, 0.2) is 22.7 Å². The Morgan fingerprint density at radius 3 is 2.79 bits per heavy atom. The van der Waals surface area contributed by atoms with Gasteiger partial charge in [0.2, 0.25) is 11.8 Å². The van der Waals surface area contributed by atoms with Crippen molar-refractivity contribution < 1.29 is 9.53 Å². The van der Waals surface area contributed by atoms with E-state index in [0.717, 1.165) is 37.9 Å². The molecular formula is C20H22BrClN4O2. The molecule has 1 N–H and O–H groups in total. The molecule has 0 bridgehead atoms. The standard InChI is InChI=1S/C20H22BrClN4O2/c1-11-15(12(2)24-19-18(11)20(28-4)25-26(19)3)7-8-17(27)23-10-13-5-6-14(21)9-16(13)22/h5-6,9H,7-8,10H2,1-4H3,(H,23,27). The number of carbonyl (C=O) groups is 1. The van der Waals surface area contributed by atoms with E-state index in [2.05, 4.69) is 31.3 Å². The SMILES string of the molecule is COc1nn(C)c2nc(C)c(CCC(=O)NCc3ccc(Br)cc3Cl)c(C)c12. The number of hydrogen-bond donors (Lipinski definition) is 1. The van der Waals surface area contributed by atoms with Crippen molar-refractivity contribution in [3.8, 4) is 5.88 Å². The van der Waals surface area contributed by atoms with Crippen molar-refractivity contribution in [2.45, 2.75) is 33.2 Å². The Kier molecular flexibility index (Phi) is 6.25. The Balaban J connectivity index is 1.71. The first-order chi connectivity index (χ1) is 13.3. The van der Waals surface area contributed by atoms with E-state index in [0.29, 0.717) is 30.3 Å². The van der Waals surface area contributed by atoms with Crippen molar-refractivity contribution >= 4 is 44.5 Å². The van der Waals surface area contributed by atoms with Gasteiger partial charge in [-0.25, -0.2) is 9.67 Å². The Morgan fingerprint density at radius 2 is 2.11 bits per heavy atom.